The number of hydrogen-bond donors (Lipinski definition) is 1. The molecule has 18 heavy (non-hydrogen) atoms. The minimum absolute atomic E-state index is 0.188. The molecule has 1 aliphatic heterocycles. The van der Waals surface area contributed by atoms with Gasteiger partial charge in [-0.3, -0.25) is 0 Å². The van der Waals surface area contributed by atoms with Crippen LogP contribution in [-0.4, -0.2) is 37.7 Å². The first-order valence-corrected chi connectivity index (χ1v) is 6.39. The molecule has 0 radical (unpaired) electrons. The van der Waals surface area contributed by atoms with Crippen molar-refractivity contribution in [2.45, 2.75) is 26.4 Å². The minimum atomic E-state index is 0.188. The molecule has 2 N–H and O–H groups in total. The number of aryl methyl sites for hydroxylation is 1. The van der Waals surface area contributed by atoms with Crippen LogP contribution in [-0.2, 0) is 6.54 Å². The molecule has 0 fully saturated rings. The van der Waals surface area contributed by atoms with Crippen molar-refractivity contribution >= 4 is 0 Å². The Labute approximate surface area is 109 Å². The van der Waals surface area contributed by atoms with Crippen LogP contribution in [0.3, 0.4) is 0 Å². The molecule has 1 heterocycles. The highest BCUT2D eigenvalue weighted by molar-refractivity contribution is 5.47. The lowest BCUT2D eigenvalue weighted by atomic mass is 10.1. The van der Waals surface area contributed by atoms with Crippen LogP contribution in [0.5, 0.6) is 11.5 Å². The Bertz CT molecular complexity index is 419. The highest BCUT2D eigenvalue weighted by Gasteiger charge is 2.15. The molecule has 1 unspecified atom stereocenters. The first-order valence-electron chi connectivity index (χ1n) is 6.39. The maximum Gasteiger partial charge on any atom is 0.161 e. The van der Waals surface area contributed by atoms with E-state index in [0.717, 1.165) is 24.6 Å². The molecule has 0 aromatic heterocycles. The molecule has 1 atom stereocenters. The Balaban J connectivity index is 2.13. The average Bonchev–Trinajstić information content (AvgIpc) is 2.29. The molecular weight excluding hydrogens is 228 g/mol. The Hall–Kier alpha value is -1.26. The summed E-state index contributed by atoms with van der Waals surface area (Å²) in [5.74, 6) is 1.72. The fraction of sp³-hybridized carbons (Fsp3) is 0.571. The van der Waals surface area contributed by atoms with Gasteiger partial charge in [0.2, 0.25) is 0 Å². The van der Waals surface area contributed by atoms with Crippen molar-refractivity contribution in [1.29, 1.82) is 0 Å². The van der Waals surface area contributed by atoms with Crippen LogP contribution in [0.25, 0.3) is 0 Å². The van der Waals surface area contributed by atoms with Crippen LogP contribution < -0.4 is 15.2 Å². The van der Waals surface area contributed by atoms with Gasteiger partial charge in [-0.2, -0.15) is 0 Å². The summed E-state index contributed by atoms with van der Waals surface area (Å²) in [5.41, 5.74) is 8.31. The third-order valence-corrected chi connectivity index (χ3v) is 3.04. The van der Waals surface area contributed by atoms with E-state index < -0.39 is 0 Å². The Morgan fingerprint density at radius 2 is 1.89 bits per heavy atom. The second-order valence-electron chi connectivity index (χ2n) is 5.10. The van der Waals surface area contributed by atoms with Crippen LogP contribution >= 0.6 is 0 Å². The monoisotopic (exact) mass is 250 g/mol. The first-order chi connectivity index (χ1) is 8.56. The third-order valence-electron chi connectivity index (χ3n) is 3.04. The van der Waals surface area contributed by atoms with Gasteiger partial charge in [-0.15, -0.1) is 0 Å². The molecule has 0 saturated carbocycles. The lowest BCUT2D eigenvalue weighted by Crippen LogP contribution is -2.32. The molecule has 0 spiro atoms. The molecule has 1 aliphatic rings. The summed E-state index contributed by atoms with van der Waals surface area (Å²) in [6.45, 7) is 7.15. The zero-order chi connectivity index (χ0) is 13.1. The predicted octanol–water partition coefficient (Wildman–Crippen LogP) is 1.55. The number of ether oxygens (including phenoxy) is 2. The van der Waals surface area contributed by atoms with Gasteiger partial charge in [-0.1, -0.05) is 0 Å². The van der Waals surface area contributed by atoms with Crippen LogP contribution in [0.2, 0.25) is 0 Å². The van der Waals surface area contributed by atoms with E-state index in [-0.39, 0.29) is 6.04 Å². The second-order valence-corrected chi connectivity index (χ2v) is 5.10. The van der Waals surface area contributed by atoms with Crippen molar-refractivity contribution in [2.24, 2.45) is 5.73 Å². The summed E-state index contributed by atoms with van der Waals surface area (Å²) < 4.78 is 11.2. The largest absolute Gasteiger partial charge is 0.486 e. The van der Waals surface area contributed by atoms with Crippen LogP contribution in [0.4, 0.5) is 0 Å². The predicted molar refractivity (Wildman–Crippen MR) is 72.2 cm³/mol. The standard InChI is InChI=1S/C14H22N2O2/c1-10-6-13-14(18-5-4-17-13)7-12(10)9-16(3)8-11(2)15/h6-7,11H,4-5,8-9,15H2,1-3H3. The quantitative estimate of drug-likeness (QED) is 0.880. The molecule has 2 rings (SSSR count). The van der Waals surface area contributed by atoms with Crippen LogP contribution in [0, 0.1) is 6.92 Å². The van der Waals surface area contributed by atoms with Gasteiger partial charge in [0, 0.05) is 19.1 Å². The van der Waals surface area contributed by atoms with Crippen LogP contribution in [0.15, 0.2) is 12.1 Å². The lowest BCUT2D eigenvalue weighted by molar-refractivity contribution is 0.171. The highest BCUT2D eigenvalue weighted by Crippen LogP contribution is 2.33. The first kappa shape index (κ1) is 13.2. The number of likely N-dealkylation sites (N-methyl/N-ethyl adjacent to an activating group) is 1. The maximum atomic E-state index is 5.81. The zero-order valence-electron chi connectivity index (χ0n) is 11.4. The van der Waals surface area contributed by atoms with Crippen molar-refractivity contribution in [3.8, 4) is 11.5 Å². The van der Waals surface area contributed by atoms with E-state index in [9.17, 15) is 0 Å². The van der Waals surface area contributed by atoms with E-state index in [1.807, 2.05) is 6.92 Å². The van der Waals surface area contributed by atoms with Crippen molar-refractivity contribution < 1.29 is 9.47 Å². The fourth-order valence-electron chi connectivity index (χ4n) is 2.25. The zero-order valence-corrected chi connectivity index (χ0v) is 11.4. The topological polar surface area (TPSA) is 47.7 Å². The lowest BCUT2D eigenvalue weighted by Gasteiger charge is -2.23. The Morgan fingerprint density at radius 3 is 2.50 bits per heavy atom. The molecule has 0 bridgehead atoms. The van der Waals surface area contributed by atoms with Gasteiger partial charge in [0.05, 0.1) is 0 Å². The molecule has 4 nitrogen and oxygen atoms in total. The van der Waals surface area contributed by atoms with E-state index in [1.165, 1.54) is 11.1 Å². The van der Waals surface area contributed by atoms with E-state index in [4.69, 9.17) is 15.2 Å². The summed E-state index contributed by atoms with van der Waals surface area (Å²) >= 11 is 0. The minimum Gasteiger partial charge on any atom is -0.486 e. The van der Waals surface area contributed by atoms with Gasteiger partial charge < -0.3 is 20.1 Å². The number of benzene rings is 1. The van der Waals surface area contributed by atoms with Gasteiger partial charge in [0.1, 0.15) is 13.2 Å². The summed E-state index contributed by atoms with van der Waals surface area (Å²) in [5, 5.41) is 0. The van der Waals surface area contributed by atoms with E-state index >= 15 is 0 Å². The molecule has 1 aromatic carbocycles. The number of fused-ring (bicyclic) bond motifs is 1. The molecule has 0 amide bonds. The normalized spacial score (nSPS) is 15.8. The van der Waals surface area contributed by atoms with Crippen molar-refractivity contribution in [3.05, 3.63) is 23.3 Å². The summed E-state index contributed by atoms with van der Waals surface area (Å²) in [6, 6.07) is 4.33. The number of hydrogen-bond acceptors (Lipinski definition) is 4. The van der Waals surface area contributed by atoms with Gasteiger partial charge in [-0.05, 0) is 44.2 Å². The fourth-order valence-corrected chi connectivity index (χ4v) is 2.25. The summed E-state index contributed by atoms with van der Waals surface area (Å²) in [7, 11) is 2.08. The number of nitrogens with zero attached hydrogens (tertiary/aromatic N) is 1. The van der Waals surface area contributed by atoms with Gasteiger partial charge in [0.25, 0.3) is 0 Å². The van der Waals surface area contributed by atoms with Gasteiger partial charge in [-0.25, -0.2) is 0 Å². The van der Waals surface area contributed by atoms with E-state index in [0.29, 0.717) is 13.2 Å². The van der Waals surface area contributed by atoms with E-state index in [2.05, 4.69) is 31.0 Å². The van der Waals surface area contributed by atoms with Gasteiger partial charge >= 0.3 is 0 Å². The molecular formula is C14H22N2O2. The van der Waals surface area contributed by atoms with Crippen LogP contribution in [0.1, 0.15) is 18.1 Å². The van der Waals surface area contributed by atoms with E-state index in [1.54, 1.807) is 0 Å². The smallest absolute Gasteiger partial charge is 0.161 e. The maximum absolute atomic E-state index is 5.81. The van der Waals surface area contributed by atoms with Crippen molar-refractivity contribution in [1.82, 2.24) is 4.90 Å². The Morgan fingerprint density at radius 1 is 1.28 bits per heavy atom. The summed E-state index contributed by atoms with van der Waals surface area (Å²) in [4.78, 5) is 2.23. The molecule has 0 saturated heterocycles. The van der Waals surface area contributed by atoms with Crippen molar-refractivity contribution in [3.63, 3.8) is 0 Å². The molecule has 1 aromatic rings. The number of nitrogens with two attached hydrogens (primary N) is 1. The SMILES string of the molecule is Cc1cc2c(cc1CN(C)CC(C)N)OCCO2. The Kier molecular flexibility index (Phi) is 4.09. The summed E-state index contributed by atoms with van der Waals surface area (Å²) in [6.07, 6.45) is 0. The average molecular weight is 250 g/mol. The molecule has 4 heteroatoms. The third kappa shape index (κ3) is 3.15. The molecule has 100 valence electrons. The van der Waals surface area contributed by atoms with Gasteiger partial charge in [0.15, 0.2) is 11.5 Å². The second kappa shape index (κ2) is 5.59. The van der Waals surface area contributed by atoms with Crippen molar-refractivity contribution in [2.75, 3.05) is 26.8 Å². The molecule has 0 aliphatic carbocycles. The highest BCUT2D eigenvalue weighted by atomic mass is 16.6. The number of rotatable bonds is 4.